The summed E-state index contributed by atoms with van der Waals surface area (Å²) >= 11 is 9.82. The monoisotopic (exact) mass is 416 g/mol. The maximum atomic E-state index is 6.20. The molecule has 0 atom stereocenters. The van der Waals surface area contributed by atoms with Gasteiger partial charge in [0.1, 0.15) is 0 Å². The van der Waals surface area contributed by atoms with Crippen molar-refractivity contribution in [3.63, 3.8) is 0 Å². The van der Waals surface area contributed by atoms with E-state index in [2.05, 4.69) is 82.7 Å². The average molecular weight is 418 g/mol. The third-order valence-corrected chi connectivity index (χ3v) is 5.69. The SMILES string of the molecule is Clc1cccc(-c2ccc3c4ccc(Br)cc4c4ccccc4c3c2)c1. The minimum Gasteiger partial charge on any atom is -0.0843 e. The van der Waals surface area contributed by atoms with Crippen LogP contribution in [0.15, 0.2) is 89.4 Å². The molecular weight excluding hydrogens is 404 g/mol. The highest BCUT2D eigenvalue weighted by Gasteiger charge is 2.10. The summed E-state index contributed by atoms with van der Waals surface area (Å²) in [4.78, 5) is 0. The molecule has 0 fully saturated rings. The van der Waals surface area contributed by atoms with Crippen LogP contribution in [0.3, 0.4) is 0 Å². The van der Waals surface area contributed by atoms with Gasteiger partial charge in [0.15, 0.2) is 0 Å². The summed E-state index contributed by atoms with van der Waals surface area (Å²) in [6.07, 6.45) is 0. The number of hydrogen-bond donors (Lipinski definition) is 0. The molecule has 0 aliphatic carbocycles. The molecule has 5 rings (SSSR count). The van der Waals surface area contributed by atoms with Gasteiger partial charge < -0.3 is 0 Å². The fourth-order valence-electron chi connectivity index (χ4n) is 3.78. The van der Waals surface area contributed by atoms with Crippen molar-refractivity contribution >= 4 is 59.8 Å². The van der Waals surface area contributed by atoms with Gasteiger partial charge in [-0.25, -0.2) is 0 Å². The maximum absolute atomic E-state index is 6.20. The number of halogens is 2. The van der Waals surface area contributed by atoms with Crippen molar-refractivity contribution in [2.24, 2.45) is 0 Å². The maximum Gasteiger partial charge on any atom is 0.0412 e. The minimum atomic E-state index is 0.760. The lowest BCUT2D eigenvalue weighted by molar-refractivity contribution is 1.65. The molecule has 0 radical (unpaired) electrons. The predicted molar refractivity (Wildman–Crippen MR) is 117 cm³/mol. The van der Waals surface area contributed by atoms with Gasteiger partial charge in [-0.1, -0.05) is 82.1 Å². The molecule has 0 spiro atoms. The molecule has 0 amide bonds. The van der Waals surface area contributed by atoms with E-state index in [1.807, 2.05) is 18.2 Å². The molecule has 2 heteroatoms. The molecule has 0 heterocycles. The lowest BCUT2D eigenvalue weighted by Crippen LogP contribution is -1.85. The molecule has 0 saturated carbocycles. The van der Waals surface area contributed by atoms with Crippen LogP contribution in [0.2, 0.25) is 5.02 Å². The van der Waals surface area contributed by atoms with Crippen molar-refractivity contribution in [2.45, 2.75) is 0 Å². The van der Waals surface area contributed by atoms with Crippen LogP contribution in [0.1, 0.15) is 0 Å². The minimum absolute atomic E-state index is 0.760. The highest BCUT2D eigenvalue weighted by atomic mass is 79.9. The average Bonchev–Trinajstić information content (AvgIpc) is 2.68. The van der Waals surface area contributed by atoms with Gasteiger partial charge in [-0.15, -0.1) is 0 Å². The molecule has 26 heavy (non-hydrogen) atoms. The lowest BCUT2D eigenvalue weighted by atomic mass is 9.92. The summed E-state index contributed by atoms with van der Waals surface area (Å²) in [7, 11) is 0. The number of benzene rings is 5. The van der Waals surface area contributed by atoms with Crippen molar-refractivity contribution in [1.29, 1.82) is 0 Å². The van der Waals surface area contributed by atoms with Gasteiger partial charge in [0.2, 0.25) is 0 Å². The summed E-state index contributed by atoms with van der Waals surface area (Å²) in [5.41, 5.74) is 2.32. The highest BCUT2D eigenvalue weighted by molar-refractivity contribution is 9.10. The van der Waals surface area contributed by atoms with Crippen LogP contribution in [0.25, 0.3) is 43.4 Å². The molecule has 0 saturated heterocycles. The van der Waals surface area contributed by atoms with E-state index in [1.54, 1.807) is 0 Å². The predicted octanol–water partition coefficient (Wildman–Crippen LogP) is 8.23. The van der Waals surface area contributed by atoms with Crippen molar-refractivity contribution in [1.82, 2.24) is 0 Å². The van der Waals surface area contributed by atoms with Crippen LogP contribution in [0, 0.1) is 0 Å². The third kappa shape index (κ3) is 2.51. The van der Waals surface area contributed by atoms with Crippen LogP contribution in [-0.4, -0.2) is 0 Å². The fraction of sp³-hybridized carbons (Fsp3) is 0. The zero-order chi connectivity index (χ0) is 17.7. The molecule has 0 aliphatic heterocycles. The Morgan fingerprint density at radius 2 is 1.12 bits per heavy atom. The topological polar surface area (TPSA) is 0 Å². The molecule has 5 aromatic rings. The van der Waals surface area contributed by atoms with Gasteiger partial charge in [0.05, 0.1) is 0 Å². The van der Waals surface area contributed by atoms with Crippen molar-refractivity contribution in [3.05, 3.63) is 94.4 Å². The Balaban J connectivity index is 1.93. The molecule has 0 aliphatic rings. The first-order valence-corrected chi connectivity index (χ1v) is 9.67. The number of rotatable bonds is 1. The van der Waals surface area contributed by atoms with Crippen molar-refractivity contribution in [2.75, 3.05) is 0 Å². The Bertz CT molecular complexity index is 1280. The van der Waals surface area contributed by atoms with Gasteiger partial charge in [-0.2, -0.15) is 0 Å². The molecule has 5 aromatic carbocycles. The second kappa shape index (κ2) is 6.12. The molecule has 0 unspecified atom stereocenters. The smallest absolute Gasteiger partial charge is 0.0412 e. The number of hydrogen-bond acceptors (Lipinski definition) is 0. The highest BCUT2D eigenvalue weighted by Crippen LogP contribution is 2.38. The van der Waals surface area contributed by atoms with Crippen LogP contribution in [0.4, 0.5) is 0 Å². The first kappa shape index (κ1) is 15.9. The van der Waals surface area contributed by atoms with E-state index in [4.69, 9.17) is 11.6 Å². The second-order valence-electron chi connectivity index (χ2n) is 6.51. The first-order valence-electron chi connectivity index (χ1n) is 8.50. The van der Waals surface area contributed by atoms with E-state index in [9.17, 15) is 0 Å². The summed E-state index contributed by atoms with van der Waals surface area (Å²) in [5, 5.41) is 8.41. The molecule has 0 aromatic heterocycles. The van der Waals surface area contributed by atoms with Crippen molar-refractivity contribution in [3.8, 4) is 11.1 Å². The molecule has 0 bridgehead atoms. The van der Waals surface area contributed by atoms with E-state index < -0.39 is 0 Å². The molecule has 0 N–H and O–H groups in total. The summed E-state index contributed by atoms with van der Waals surface area (Å²) in [5.74, 6) is 0. The zero-order valence-electron chi connectivity index (χ0n) is 13.8. The van der Waals surface area contributed by atoms with Crippen LogP contribution in [-0.2, 0) is 0 Å². The van der Waals surface area contributed by atoms with E-state index in [-0.39, 0.29) is 0 Å². The van der Waals surface area contributed by atoms with E-state index in [0.29, 0.717) is 0 Å². The Kier molecular flexibility index (Phi) is 3.74. The third-order valence-electron chi connectivity index (χ3n) is 4.96. The van der Waals surface area contributed by atoms with Crippen LogP contribution in [0.5, 0.6) is 0 Å². The van der Waals surface area contributed by atoms with E-state index in [0.717, 1.165) is 15.1 Å². The second-order valence-corrected chi connectivity index (χ2v) is 7.86. The number of fused-ring (bicyclic) bond motifs is 6. The first-order chi connectivity index (χ1) is 12.7. The lowest BCUT2D eigenvalue weighted by Gasteiger charge is -2.12. The Morgan fingerprint density at radius 1 is 0.500 bits per heavy atom. The van der Waals surface area contributed by atoms with Gasteiger partial charge in [0.25, 0.3) is 0 Å². The standard InChI is InChI=1S/C24H14BrCl/c25-17-9-11-22-21-10-8-16(15-4-3-5-18(26)12-15)13-23(21)19-6-1-2-7-20(19)24(22)14-17/h1-14H. The molecular formula is C24H14BrCl. The van der Waals surface area contributed by atoms with Gasteiger partial charge in [0, 0.05) is 9.50 Å². The summed E-state index contributed by atoms with van der Waals surface area (Å²) in [6.45, 7) is 0. The normalized spacial score (nSPS) is 11.5. The Morgan fingerprint density at radius 3 is 1.85 bits per heavy atom. The zero-order valence-corrected chi connectivity index (χ0v) is 16.2. The Hall–Kier alpha value is -2.35. The van der Waals surface area contributed by atoms with Gasteiger partial charge >= 0.3 is 0 Å². The Labute approximate surface area is 165 Å². The van der Waals surface area contributed by atoms with Gasteiger partial charge in [-0.3, -0.25) is 0 Å². The quantitative estimate of drug-likeness (QED) is 0.241. The summed E-state index contributed by atoms with van der Waals surface area (Å²) < 4.78 is 1.10. The van der Waals surface area contributed by atoms with Crippen molar-refractivity contribution < 1.29 is 0 Å². The van der Waals surface area contributed by atoms with Crippen LogP contribution >= 0.6 is 27.5 Å². The van der Waals surface area contributed by atoms with E-state index in [1.165, 1.54) is 37.9 Å². The van der Waals surface area contributed by atoms with Crippen LogP contribution < -0.4 is 0 Å². The molecule has 0 nitrogen and oxygen atoms in total. The fourth-order valence-corrected chi connectivity index (χ4v) is 4.33. The van der Waals surface area contributed by atoms with Gasteiger partial charge in [-0.05, 0) is 73.8 Å². The molecule has 124 valence electrons. The summed E-state index contributed by atoms with van der Waals surface area (Å²) in [6, 6.07) is 29.9. The van der Waals surface area contributed by atoms with E-state index >= 15 is 0 Å². The largest absolute Gasteiger partial charge is 0.0843 e.